The maximum atomic E-state index is 13.0. The molecule has 1 aromatic carbocycles. The average Bonchev–Trinajstić information content (AvgIpc) is 2.76. The lowest BCUT2D eigenvalue weighted by Gasteiger charge is -2.20. The molecule has 4 nitrogen and oxygen atoms in total. The van der Waals surface area contributed by atoms with Crippen LogP contribution in [0.25, 0.3) is 0 Å². The number of likely N-dealkylation sites (tertiary alicyclic amines) is 1. The Balaban J connectivity index is 2.15. The van der Waals surface area contributed by atoms with Crippen molar-refractivity contribution in [1.29, 1.82) is 0 Å². The molecule has 0 spiro atoms. The summed E-state index contributed by atoms with van der Waals surface area (Å²) in [5.74, 6) is -1.88. The number of rotatable bonds is 1. The van der Waals surface area contributed by atoms with E-state index >= 15 is 0 Å². The minimum atomic E-state index is -4.68. The van der Waals surface area contributed by atoms with E-state index < -0.39 is 29.2 Å². The van der Waals surface area contributed by atoms with Crippen LogP contribution < -0.4 is 5.32 Å². The van der Waals surface area contributed by atoms with Crippen molar-refractivity contribution in [3.63, 3.8) is 0 Å². The second-order valence-corrected chi connectivity index (χ2v) is 5.78. The molecule has 126 valence electrons. The van der Waals surface area contributed by atoms with Crippen LogP contribution in [0.2, 0.25) is 5.02 Å². The van der Waals surface area contributed by atoms with Crippen LogP contribution in [0.1, 0.15) is 31.2 Å². The van der Waals surface area contributed by atoms with Gasteiger partial charge in [0.05, 0.1) is 11.3 Å². The van der Waals surface area contributed by atoms with Gasteiger partial charge in [-0.05, 0) is 31.0 Å². The first-order chi connectivity index (χ1) is 10.8. The Morgan fingerprint density at radius 3 is 2.26 bits per heavy atom. The van der Waals surface area contributed by atoms with Gasteiger partial charge in [0.25, 0.3) is 0 Å². The summed E-state index contributed by atoms with van der Waals surface area (Å²) in [7, 11) is 0. The fraction of sp³-hybridized carbons (Fsp3) is 0.467. The molecular formula is C15H16ClF3N2O2. The summed E-state index contributed by atoms with van der Waals surface area (Å²) in [5, 5.41) is 1.95. The molecule has 23 heavy (non-hydrogen) atoms. The molecular weight excluding hydrogens is 333 g/mol. The van der Waals surface area contributed by atoms with Crippen molar-refractivity contribution in [3.8, 4) is 0 Å². The topological polar surface area (TPSA) is 49.4 Å². The van der Waals surface area contributed by atoms with E-state index in [-0.39, 0.29) is 5.02 Å². The maximum Gasteiger partial charge on any atom is 0.418 e. The first kappa shape index (κ1) is 17.6. The van der Waals surface area contributed by atoms with Gasteiger partial charge in [-0.3, -0.25) is 9.59 Å². The molecule has 0 radical (unpaired) electrons. The molecule has 1 aliphatic rings. The molecule has 1 saturated heterocycles. The normalized spacial score (nSPS) is 15.9. The van der Waals surface area contributed by atoms with Crippen molar-refractivity contribution < 1.29 is 22.8 Å². The van der Waals surface area contributed by atoms with E-state index in [0.717, 1.165) is 31.7 Å². The Kier molecular flexibility index (Phi) is 5.51. The summed E-state index contributed by atoms with van der Waals surface area (Å²) >= 11 is 5.57. The van der Waals surface area contributed by atoms with Crippen molar-refractivity contribution >= 4 is 29.1 Å². The number of carbonyl (C=O) groups excluding carboxylic acids is 2. The molecule has 0 unspecified atom stereocenters. The van der Waals surface area contributed by atoms with Gasteiger partial charge in [-0.25, -0.2) is 0 Å². The number of halogens is 4. The summed E-state index contributed by atoms with van der Waals surface area (Å²) in [6.07, 6.45) is -1.16. The number of nitrogens with one attached hydrogen (secondary N) is 1. The van der Waals surface area contributed by atoms with E-state index in [0.29, 0.717) is 19.2 Å². The van der Waals surface area contributed by atoms with Gasteiger partial charge in [-0.15, -0.1) is 0 Å². The molecule has 2 amide bonds. The molecule has 0 bridgehead atoms. The van der Waals surface area contributed by atoms with Crippen molar-refractivity contribution in [2.75, 3.05) is 18.4 Å². The molecule has 0 aromatic heterocycles. The summed E-state index contributed by atoms with van der Waals surface area (Å²) < 4.78 is 38.9. The first-order valence-electron chi connectivity index (χ1n) is 7.26. The lowest BCUT2D eigenvalue weighted by molar-refractivity contribution is -0.143. The Hall–Kier alpha value is -1.76. The number of alkyl halides is 3. The molecule has 1 aliphatic heterocycles. The van der Waals surface area contributed by atoms with Gasteiger partial charge in [0.2, 0.25) is 0 Å². The van der Waals surface area contributed by atoms with Crippen LogP contribution >= 0.6 is 11.6 Å². The number of amides is 2. The minimum absolute atomic E-state index is 0.103. The molecule has 1 N–H and O–H groups in total. The van der Waals surface area contributed by atoms with Gasteiger partial charge in [0.15, 0.2) is 0 Å². The Bertz CT molecular complexity index is 597. The van der Waals surface area contributed by atoms with Crippen LogP contribution in [0, 0.1) is 0 Å². The third-order valence-electron chi connectivity index (χ3n) is 3.62. The second-order valence-electron chi connectivity index (χ2n) is 5.35. The predicted molar refractivity (Wildman–Crippen MR) is 80.1 cm³/mol. The maximum absolute atomic E-state index is 13.0. The lowest BCUT2D eigenvalue weighted by Crippen LogP contribution is -2.40. The quantitative estimate of drug-likeness (QED) is 0.787. The monoisotopic (exact) mass is 348 g/mol. The van der Waals surface area contributed by atoms with Gasteiger partial charge >= 0.3 is 18.0 Å². The van der Waals surface area contributed by atoms with Crippen LogP contribution in [0.15, 0.2) is 18.2 Å². The van der Waals surface area contributed by atoms with Gasteiger partial charge in [0, 0.05) is 18.1 Å². The van der Waals surface area contributed by atoms with E-state index in [1.807, 2.05) is 0 Å². The largest absolute Gasteiger partial charge is 0.418 e. The number of hydrogen-bond acceptors (Lipinski definition) is 2. The van der Waals surface area contributed by atoms with Gasteiger partial charge in [0.1, 0.15) is 0 Å². The van der Waals surface area contributed by atoms with Gasteiger partial charge in [-0.2, -0.15) is 13.2 Å². The molecule has 1 heterocycles. The van der Waals surface area contributed by atoms with Gasteiger partial charge < -0.3 is 10.2 Å². The van der Waals surface area contributed by atoms with E-state index in [4.69, 9.17) is 11.6 Å². The molecule has 0 atom stereocenters. The number of hydrogen-bond donors (Lipinski definition) is 1. The average molecular weight is 349 g/mol. The Morgan fingerprint density at radius 1 is 1.09 bits per heavy atom. The van der Waals surface area contributed by atoms with E-state index in [9.17, 15) is 22.8 Å². The van der Waals surface area contributed by atoms with Gasteiger partial charge in [-0.1, -0.05) is 24.4 Å². The third kappa shape index (κ3) is 4.60. The standard InChI is InChI=1S/C15H16ClF3N2O2/c16-10-5-6-12(11(9-10)15(17,18)19)20-13(22)14(23)21-7-3-1-2-4-8-21/h5-6,9H,1-4,7-8H2,(H,20,22). The smallest absolute Gasteiger partial charge is 0.334 e. The van der Waals surface area contributed by atoms with Crippen molar-refractivity contribution in [3.05, 3.63) is 28.8 Å². The number of carbonyl (C=O) groups is 2. The van der Waals surface area contributed by atoms with Crippen molar-refractivity contribution in [1.82, 2.24) is 4.90 Å². The van der Waals surface area contributed by atoms with E-state index in [1.165, 1.54) is 11.0 Å². The summed E-state index contributed by atoms with van der Waals surface area (Å²) in [6, 6.07) is 2.98. The van der Waals surface area contributed by atoms with E-state index in [1.54, 1.807) is 0 Å². The van der Waals surface area contributed by atoms with Crippen LogP contribution in [0.3, 0.4) is 0 Å². The molecule has 2 rings (SSSR count). The highest BCUT2D eigenvalue weighted by Crippen LogP contribution is 2.36. The Labute approximate surface area is 136 Å². The summed E-state index contributed by atoms with van der Waals surface area (Å²) in [4.78, 5) is 25.5. The fourth-order valence-electron chi connectivity index (χ4n) is 2.45. The minimum Gasteiger partial charge on any atom is -0.334 e. The summed E-state index contributed by atoms with van der Waals surface area (Å²) in [5.41, 5.74) is -1.56. The first-order valence-corrected chi connectivity index (χ1v) is 7.64. The van der Waals surface area contributed by atoms with Crippen LogP contribution in [-0.4, -0.2) is 29.8 Å². The molecule has 1 fully saturated rings. The lowest BCUT2D eigenvalue weighted by atomic mass is 10.1. The number of benzene rings is 1. The van der Waals surface area contributed by atoms with Crippen molar-refractivity contribution in [2.24, 2.45) is 0 Å². The van der Waals surface area contributed by atoms with Crippen molar-refractivity contribution in [2.45, 2.75) is 31.9 Å². The third-order valence-corrected chi connectivity index (χ3v) is 3.86. The Morgan fingerprint density at radius 2 is 1.70 bits per heavy atom. The number of anilines is 1. The molecule has 1 aromatic rings. The summed E-state index contributed by atoms with van der Waals surface area (Å²) in [6.45, 7) is 0.887. The highest BCUT2D eigenvalue weighted by Gasteiger charge is 2.35. The zero-order chi connectivity index (χ0) is 17.0. The number of nitrogens with zero attached hydrogens (tertiary/aromatic N) is 1. The predicted octanol–water partition coefficient (Wildman–Crippen LogP) is 3.70. The van der Waals surface area contributed by atoms with Crippen LogP contribution in [0.5, 0.6) is 0 Å². The second kappa shape index (κ2) is 7.21. The molecule has 0 aliphatic carbocycles. The van der Waals surface area contributed by atoms with Crippen LogP contribution in [0.4, 0.5) is 18.9 Å². The zero-order valence-electron chi connectivity index (χ0n) is 12.3. The molecule has 8 heteroatoms. The zero-order valence-corrected chi connectivity index (χ0v) is 13.0. The van der Waals surface area contributed by atoms with E-state index in [2.05, 4.69) is 5.32 Å². The van der Waals surface area contributed by atoms with Crippen LogP contribution in [-0.2, 0) is 15.8 Å². The highest BCUT2D eigenvalue weighted by molar-refractivity contribution is 6.39. The highest BCUT2D eigenvalue weighted by atomic mass is 35.5. The molecule has 0 saturated carbocycles. The fourth-order valence-corrected chi connectivity index (χ4v) is 2.63. The SMILES string of the molecule is O=C(Nc1ccc(Cl)cc1C(F)(F)F)C(=O)N1CCCCCC1.